The highest BCUT2D eigenvalue weighted by Crippen LogP contribution is 2.30. The highest BCUT2D eigenvalue weighted by atomic mass is 32.2. The molecule has 0 fully saturated rings. The maximum atomic E-state index is 12.2. The molecule has 0 radical (unpaired) electrons. The summed E-state index contributed by atoms with van der Waals surface area (Å²) in [6.07, 6.45) is 0. The van der Waals surface area contributed by atoms with Crippen LogP contribution in [-0.2, 0) is 4.79 Å². The van der Waals surface area contributed by atoms with Crippen molar-refractivity contribution in [3.63, 3.8) is 0 Å². The zero-order valence-corrected chi connectivity index (χ0v) is 13.5. The second-order valence-corrected chi connectivity index (χ2v) is 5.96. The summed E-state index contributed by atoms with van der Waals surface area (Å²) in [6.45, 7) is 1.92. The maximum Gasteiger partial charge on any atom is 0.313 e. The molecule has 0 bridgehead atoms. The van der Waals surface area contributed by atoms with Crippen molar-refractivity contribution in [2.24, 2.45) is 0 Å². The molecule has 0 saturated heterocycles. The topological polar surface area (TPSA) is 110 Å². The molecule has 0 unspecified atom stereocenters. The summed E-state index contributed by atoms with van der Waals surface area (Å²) in [5.74, 6) is -1.84. The monoisotopic (exact) mass is 346 g/mol. The first-order valence-corrected chi connectivity index (χ1v) is 7.86. The lowest BCUT2D eigenvalue weighted by Crippen LogP contribution is -2.12. The molecule has 0 aliphatic rings. The third-order valence-corrected chi connectivity index (χ3v) is 4.13. The third kappa shape index (κ3) is 4.56. The predicted octanol–water partition coefficient (Wildman–Crippen LogP) is 3.33. The Labute approximate surface area is 141 Å². The van der Waals surface area contributed by atoms with E-state index in [4.69, 9.17) is 5.11 Å². The number of hydrogen-bond acceptors (Lipinski definition) is 5. The largest absolute Gasteiger partial charge is 0.481 e. The maximum absolute atomic E-state index is 12.2. The van der Waals surface area contributed by atoms with E-state index >= 15 is 0 Å². The molecule has 0 heterocycles. The molecule has 1 amide bonds. The van der Waals surface area contributed by atoms with Crippen LogP contribution in [0.1, 0.15) is 15.9 Å². The van der Waals surface area contributed by atoms with Gasteiger partial charge in [0.1, 0.15) is 0 Å². The van der Waals surface area contributed by atoms with Crippen molar-refractivity contribution in [1.29, 1.82) is 0 Å². The molecule has 7 nitrogen and oxygen atoms in total. The summed E-state index contributed by atoms with van der Waals surface area (Å²) in [7, 11) is 0. The van der Waals surface area contributed by atoms with Gasteiger partial charge in [0.2, 0.25) is 0 Å². The number of rotatable bonds is 6. The normalized spacial score (nSPS) is 10.2. The van der Waals surface area contributed by atoms with Gasteiger partial charge < -0.3 is 10.4 Å². The predicted molar refractivity (Wildman–Crippen MR) is 90.6 cm³/mol. The number of nitro benzene ring substituents is 1. The summed E-state index contributed by atoms with van der Waals surface area (Å²) in [5, 5.41) is 22.5. The minimum Gasteiger partial charge on any atom is -0.481 e. The number of carbonyl (C=O) groups is 2. The number of nitro groups is 1. The SMILES string of the molecule is Cc1ccc(NC(=O)c2ccc(SCC(=O)O)c([N+](=O)[O-])c2)cc1. The Bertz CT molecular complexity index is 790. The van der Waals surface area contributed by atoms with Crippen LogP contribution in [0.5, 0.6) is 0 Å². The second kappa shape index (κ2) is 7.60. The van der Waals surface area contributed by atoms with Gasteiger partial charge in [-0.15, -0.1) is 11.8 Å². The van der Waals surface area contributed by atoms with Crippen LogP contribution in [0.25, 0.3) is 0 Å². The van der Waals surface area contributed by atoms with Gasteiger partial charge >= 0.3 is 5.97 Å². The number of aliphatic carboxylic acids is 1. The number of nitrogens with zero attached hydrogens (tertiary/aromatic N) is 1. The van der Waals surface area contributed by atoms with Gasteiger partial charge in [-0.1, -0.05) is 17.7 Å². The summed E-state index contributed by atoms with van der Waals surface area (Å²) in [6, 6.07) is 11.1. The number of anilines is 1. The number of hydrogen-bond donors (Lipinski definition) is 2. The van der Waals surface area contributed by atoms with Crippen LogP contribution in [0, 0.1) is 17.0 Å². The first-order chi connectivity index (χ1) is 11.4. The number of aryl methyl sites for hydroxylation is 1. The van der Waals surface area contributed by atoms with Gasteiger partial charge in [0.05, 0.1) is 15.6 Å². The minimum absolute atomic E-state index is 0.127. The van der Waals surface area contributed by atoms with Crippen molar-refractivity contribution >= 4 is 35.0 Å². The van der Waals surface area contributed by atoms with Crippen LogP contribution in [0.3, 0.4) is 0 Å². The zero-order valence-electron chi connectivity index (χ0n) is 12.7. The fourth-order valence-electron chi connectivity index (χ4n) is 1.90. The number of nitrogens with one attached hydrogen (secondary N) is 1. The Balaban J connectivity index is 2.22. The summed E-state index contributed by atoms with van der Waals surface area (Å²) < 4.78 is 0. The smallest absolute Gasteiger partial charge is 0.313 e. The summed E-state index contributed by atoms with van der Waals surface area (Å²) in [4.78, 5) is 33.5. The summed E-state index contributed by atoms with van der Waals surface area (Å²) in [5.41, 5.74) is 1.46. The first kappa shape index (κ1) is 17.5. The molecule has 0 atom stereocenters. The van der Waals surface area contributed by atoms with Crippen molar-refractivity contribution in [2.45, 2.75) is 11.8 Å². The average molecular weight is 346 g/mol. The lowest BCUT2D eigenvalue weighted by Gasteiger charge is -2.07. The average Bonchev–Trinajstić information content (AvgIpc) is 2.54. The minimum atomic E-state index is -1.07. The van der Waals surface area contributed by atoms with Crippen LogP contribution in [0.2, 0.25) is 0 Å². The molecular formula is C16H14N2O5S. The molecular weight excluding hydrogens is 332 g/mol. The Hall–Kier alpha value is -2.87. The highest BCUT2D eigenvalue weighted by Gasteiger charge is 2.18. The molecule has 8 heteroatoms. The van der Waals surface area contributed by atoms with E-state index < -0.39 is 16.8 Å². The Kier molecular flexibility index (Phi) is 5.54. The van der Waals surface area contributed by atoms with Crippen molar-refractivity contribution in [3.05, 3.63) is 63.7 Å². The molecule has 0 aliphatic heterocycles. The Morgan fingerprint density at radius 2 is 1.88 bits per heavy atom. The van der Waals surface area contributed by atoms with E-state index in [-0.39, 0.29) is 21.9 Å². The van der Waals surface area contributed by atoms with Crippen LogP contribution in [-0.4, -0.2) is 27.7 Å². The second-order valence-electron chi connectivity index (χ2n) is 4.94. The lowest BCUT2D eigenvalue weighted by molar-refractivity contribution is -0.387. The number of carboxylic acids is 1. The number of thioether (sulfide) groups is 1. The van der Waals surface area contributed by atoms with E-state index in [1.54, 1.807) is 12.1 Å². The van der Waals surface area contributed by atoms with Crippen LogP contribution in [0.4, 0.5) is 11.4 Å². The Morgan fingerprint density at radius 1 is 1.21 bits per heavy atom. The number of carbonyl (C=O) groups excluding carboxylic acids is 1. The molecule has 2 N–H and O–H groups in total. The van der Waals surface area contributed by atoms with Crippen LogP contribution < -0.4 is 5.32 Å². The third-order valence-electron chi connectivity index (χ3n) is 3.08. The molecule has 0 saturated carbocycles. The van der Waals surface area contributed by atoms with Crippen molar-refractivity contribution in [3.8, 4) is 0 Å². The fourth-order valence-corrected chi connectivity index (χ4v) is 2.63. The van der Waals surface area contributed by atoms with E-state index in [1.807, 2.05) is 19.1 Å². The molecule has 0 aromatic heterocycles. The number of amides is 1. The zero-order chi connectivity index (χ0) is 17.7. The van der Waals surface area contributed by atoms with Gasteiger partial charge in [0.25, 0.3) is 11.6 Å². The molecule has 0 spiro atoms. The van der Waals surface area contributed by atoms with Gasteiger partial charge in [-0.25, -0.2) is 0 Å². The first-order valence-electron chi connectivity index (χ1n) is 6.88. The Morgan fingerprint density at radius 3 is 2.46 bits per heavy atom. The number of carboxylic acid groups (broad SMARTS) is 1. The van der Waals surface area contributed by atoms with E-state index in [2.05, 4.69) is 5.32 Å². The molecule has 0 aliphatic carbocycles. The van der Waals surface area contributed by atoms with E-state index in [9.17, 15) is 19.7 Å². The molecule has 124 valence electrons. The molecule has 2 rings (SSSR count). The molecule has 24 heavy (non-hydrogen) atoms. The highest BCUT2D eigenvalue weighted by molar-refractivity contribution is 8.00. The standard InChI is InChI=1S/C16H14N2O5S/c1-10-2-5-12(6-3-10)17-16(21)11-4-7-14(24-9-15(19)20)13(8-11)18(22)23/h2-8H,9H2,1H3,(H,17,21)(H,19,20). The molecule has 2 aromatic carbocycles. The van der Waals surface area contributed by atoms with Gasteiger partial charge in [-0.2, -0.15) is 0 Å². The van der Waals surface area contributed by atoms with E-state index in [1.165, 1.54) is 12.1 Å². The molecule has 2 aromatic rings. The van der Waals surface area contributed by atoms with Crippen LogP contribution >= 0.6 is 11.8 Å². The van der Waals surface area contributed by atoms with Gasteiger partial charge in [0.15, 0.2) is 0 Å². The van der Waals surface area contributed by atoms with Crippen molar-refractivity contribution in [1.82, 2.24) is 0 Å². The quantitative estimate of drug-likeness (QED) is 0.472. The van der Waals surface area contributed by atoms with Crippen molar-refractivity contribution in [2.75, 3.05) is 11.1 Å². The fraction of sp³-hybridized carbons (Fsp3) is 0.125. The lowest BCUT2D eigenvalue weighted by atomic mass is 10.1. The number of benzene rings is 2. The van der Waals surface area contributed by atoms with Crippen LogP contribution in [0.15, 0.2) is 47.4 Å². The van der Waals surface area contributed by atoms with Gasteiger partial charge in [-0.3, -0.25) is 19.7 Å². The van der Waals surface area contributed by atoms with Gasteiger partial charge in [-0.05, 0) is 31.2 Å². The van der Waals surface area contributed by atoms with Gasteiger partial charge in [0, 0.05) is 17.3 Å². The van der Waals surface area contributed by atoms with E-state index in [0.29, 0.717) is 5.69 Å². The summed E-state index contributed by atoms with van der Waals surface area (Å²) >= 11 is 0.837. The van der Waals surface area contributed by atoms with E-state index in [0.717, 1.165) is 23.4 Å². The van der Waals surface area contributed by atoms with Crippen molar-refractivity contribution < 1.29 is 19.6 Å².